The first kappa shape index (κ1) is 11.6. The molecule has 0 saturated carbocycles. The van der Waals surface area contributed by atoms with Gasteiger partial charge in [0.25, 0.3) is 14.2 Å². The number of ether oxygens (including phenoxy) is 1. The van der Waals surface area contributed by atoms with Gasteiger partial charge in [-0.3, -0.25) is 0 Å². The third-order valence-corrected chi connectivity index (χ3v) is 3.24. The molecule has 9 heteroatoms. The molecule has 2 aromatic rings. The Labute approximate surface area is 104 Å². The Kier molecular flexibility index (Phi) is 2.81. The van der Waals surface area contributed by atoms with Crippen molar-refractivity contribution in [1.82, 2.24) is 14.6 Å². The van der Waals surface area contributed by atoms with Gasteiger partial charge in [0, 0.05) is 21.4 Å². The van der Waals surface area contributed by atoms with E-state index in [2.05, 4.69) is 26.0 Å². The zero-order chi connectivity index (χ0) is 11.9. The van der Waals surface area contributed by atoms with Crippen molar-refractivity contribution in [1.29, 1.82) is 0 Å². The Bertz CT molecular complexity index is 654. The van der Waals surface area contributed by atoms with Crippen molar-refractivity contribution in [2.45, 2.75) is 5.16 Å². The lowest BCUT2D eigenvalue weighted by molar-refractivity contribution is 0.416. The van der Waals surface area contributed by atoms with Gasteiger partial charge in [-0.15, -0.1) is 5.10 Å². The predicted octanol–water partition coefficient (Wildman–Crippen LogP) is 1.43. The van der Waals surface area contributed by atoms with Crippen LogP contribution >= 0.6 is 26.6 Å². The molecule has 0 unspecified atom stereocenters. The van der Waals surface area contributed by atoms with E-state index < -0.39 is 14.2 Å². The molecule has 0 fully saturated rings. The second-order valence-corrected chi connectivity index (χ2v) is 6.20. The van der Waals surface area contributed by atoms with Crippen LogP contribution in [0.5, 0.6) is 5.75 Å². The highest BCUT2D eigenvalue weighted by Crippen LogP contribution is 2.24. The number of aromatic nitrogens is 3. The maximum Gasteiger partial charge on any atom is 0.298 e. The number of halogens is 2. The van der Waals surface area contributed by atoms with E-state index in [4.69, 9.17) is 15.4 Å². The fourth-order valence-corrected chi connectivity index (χ4v) is 2.14. The summed E-state index contributed by atoms with van der Waals surface area (Å²) in [7, 11) is 2.65. The van der Waals surface area contributed by atoms with Gasteiger partial charge >= 0.3 is 0 Å². The molecular formula is C7H5BrClN3O3S. The van der Waals surface area contributed by atoms with E-state index in [-0.39, 0.29) is 5.65 Å². The number of rotatable bonds is 2. The Morgan fingerprint density at radius 3 is 2.81 bits per heavy atom. The van der Waals surface area contributed by atoms with Crippen molar-refractivity contribution in [3.63, 3.8) is 0 Å². The van der Waals surface area contributed by atoms with Crippen LogP contribution in [0.1, 0.15) is 0 Å². The van der Waals surface area contributed by atoms with Crippen molar-refractivity contribution in [3.8, 4) is 5.75 Å². The van der Waals surface area contributed by atoms with Crippen LogP contribution in [0.4, 0.5) is 0 Å². The average Bonchev–Trinajstić information content (AvgIpc) is 2.59. The standard InChI is InChI=1S/C7H5BrClN3O3S/c1-15-5-2-4(8)3-12-6(5)10-7(11-12)16(9,13)14/h2-3H,1H3. The number of fused-ring (bicyclic) bond motifs is 1. The van der Waals surface area contributed by atoms with Crippen LogP contribution in [0.25, 0.3) is 5.65 Å². The lowest BCUT2D eigenvalue weighted by Gasteiger charge is -2.00. The monoisotopic (exact) mass is 325 g/mol. The second kappa shape index (κ2) is 3.86. The summed E-state index contributed by atoms with van der Waals surface area (Å²) in [4.78, 5) is 3.78. The van der Waals surface area contributed by atoms with Crippen LogP contribution in [0.3, 0.4) is 0 Å². The summed E-state index contributed by atoms with van der Waals surface area (Å²) in [5, 5.41) is 3.28. The van der Waals surface area contributed by atoms with Crippen molar-refractivity contribution in [2.24, 2.45) is 0 Å². The molecule has 0 atom stereocenters. The molecule has 2 heterocycles. The molecule has 0 N–H and O–H groups in total. The van der Waals surface area contributed by atoms with Crippen LogP contribution in [0.2, 0.25) is 0 Å². The number of methoxy groups -OCH3 is 1. The minimum Gasteiger partial charge on any atom is -0.493 e. The smallest absolute Gasteiger partial charge is 0.298 e. The second-order valence-electron chi connectivity index (χ2n) is 2.83. The van der Waals surface area contributed by atoms with Crippen LogP contribution in [-0.2, 0) is 9.05 Å². The fourth-order valence-electron chi connectivity index (χ4n) is 1.16. The van der Waals surface area contributed by atoms with E-state index in [1.54, 1.807) is 12.3 Å². The van der Waals surface area contributed by atoms with Gasteiger partial charge in [-0.1, -0.05) is 0 Å². The minimum atomic E-state index is -3.94. The van der Waals surface area contributed by atoms with E-state index in [1.807, 2.05) is 0 Å². The topological polar surface area (TPSA) is 73.6 Å². The van der Waals surface area contributed by atoms with E-state index in [0.29, 0.717) is 10.2 Å². The molecule has 16 heavy (non-hydrogen) atoms. The van der Waals surface area contributed by atoms with Crippen LogP contribution < -0.4 is 4.74 Å². The molecule has 0 aliphatic carbocycles. The first-order valence-corrected chi connectivity index (χ1v) is 7.06. The van der Waals surface area contributed by atoms with Gasteiger partial charge in [0.15, 0.2) is 11.4 Å². The summed E-state index contributed by atoms with van der Waals surface area (Å²) in [6.45, 7) is 0. The largest absolute Gasteiger partial charge is 0.493 e. The molecule has 0 saturated heterocycles. The summed E-state index contributed by atoms with van der Waals surface area (Å²) in [5.41, 5.74) is 0.282. The van der Waals surface area contributed by atoms with Gasteiger partial charge in [0.05, 0.1) is 7.11 Å². The Morgan fingerprint density at radius 1 is 1.56 bits per heavy atom. The first-order valence-electron chi connectivity index (χ1n) is 3.96. The van der Waals surface area contributed by atoms with Crippen LogP contribution in [0.15, 0.2) is 21.9 Å². The number of hydrogen-bond donors (Lipinski definition) is 0. The van der Waals surface area contributed by atoms with Crippen LogP contribution in [0, 0.1) is 0 Å². The highest BCUT2D eigenvalue weighted by molar-refractivity contribution is 9.10. The third-order valence-electron chi connectivity index (χ3n) is 1.78. The Morgan fingerprint density at radius 2 is 2.25 bits per heavy atom. The van der Waals surface area contributed by atoms with E-state index >= 15 is 0 Å². The molecular weight excluding hydrogens is 322 g/mol. The highest BCUT2D eigenvalue weighted by atomic mass is 79.9. The maximum atomic E-state index is 11.1. The van der Waals surface area contributed by atoms with Crippen LogP contribution in [-0.4, -0.2) is 30.1 Å². The summed E-state index contributed by atoms with van der Waals surface area (Å²) in [5.74, 6) is 0.397. The third kappa shape index (κ3) is 2.00. The molecule has 86 valence electrons. The molecule has 0 bridgehead atoms. The zero-order valence-corrected chi connectivity index (χ0v) is 11.0. The quantitative estimate of drug-likeness (QED) is 0.781. The van der Waals surface area contributed by atoms with Gasteiger partial charge in [-0.2, -0.15) is 4.98 Å². The molecule has 2 aromatic heterocycles. The van der Waals surface area contributed by atoms with E-state index in [1.165, 1.54) is 11.6 Å². The number of hydrogen-bond acceptors (Lipinski definition) is 5. The highest BCUT2D eigenvalue weighted by Gasteiger charge is 2.19. The summed E-state index contributed by atoms with van der Waals surface area (Å²) >= 11 is 3.23. The molecule has 0 aliphatic rings. The Balaban J connectivity index is 2.80. The molecule has 2 rings (SSSR count). The molecule has 6 nitrogen and oxygen atoms in total. The number of pyridine rings is 1. The molecule has 0 spiro atoms. The van der Waals surface area contributed by atoms with Gasteiger partial charge < -0.3 is 4.74 Å². The summed E-state index contributed by atoms with van der Waals surface area (Å²) in [6, 6.07) is 1.65. The van der Waals surface area contributed by atoms with Crippen molar-refractivity contribution >= 4 is 41.3 Å². The summed E-state index contributed by atoms with van der Waals surface area (Å²) < 4.78 is 29.1. The minimum absolute atomic E-state index is 0.282. The number of nitrogens with zero attached hydrogens (tertiary/aromatic N) is 3. The van der Waals surface area contributed by atoms with Gasteiger partial charge in [-0.05, 0) is 22.0 Å². The zero-order valence-electron chi connectivity index (χ0n) is 7.89. The predicted molar refractivity (Wildman–Crippen MR) is 60.3 cm³/mol. The fraction of sp³-hybridized carbons (Fsp3) is 0.143. The van der Waals surface area contributed by atoms with Crippen molar-refractivity contribution in [3.05, 3.63) is 16.7 Å². The van der Waals surface area contributed by atoms with Gasteiger partial charge in [0.2, 0.25) is 0 Å². The molecule has 0 radical (unpaired) electrons. The van der Waals surface area contributed by atoms with Crippen molar-refractivity contribution < 1.29 is 13.2 Å². The van der Waals surface area contributed by atoms with Gasteiger partial charge in [0.1, 0.15) is 0 Å². The van der Waals surface area contributed by atoms with E-state index in [0.717, 1.165) is 0 Å². The lowest BCUT2D eigenvalue weighted by atomic mass is 10.4. The van der Waals surface area contributed by atoms with Crippen molar-refractivity contribution in [2.75, 3.05) is 7.11 Å². The normalized spacial score (nSPS) is 11.9. The maximum absolute atomic E-state index is 11.1. The lowest BCUT2D eigenvalue weighted by Crippen LogP contribution is -1.94. The Hall–Kier alpha value is -0.860. The average molecular weight is 327 g/mol. The molecule has 0 aliphatic heterocycles. The molecule has 0 aromatic carbocycles. The summed E-state index contributed by atoms with van der Waals surface area (Å²) in [6.07, 6.45) is 1.55. The molecule has 0 amide bonds. The van der Waals surface area contributed by atoms with E-state index in [9.17, 15) is 8.42 Å². The SMILES string of the molecule is COc1cc(Br)cn2nc(S(=O)(=O)Cl)nc12. The first-order chi connectivity index (χ1) is 7.41. The van der Waals surface area contributed by atoms with Gasteiger partial charge in [-0.25, -0.2) is 12.9 Å².